The van der Waals surface area contributed by atoms with Crippen LogP contribution in [0.25, 0.3) is 10.8 Å². The Bertz CT molecular complexity index is 935. The molecular weight excluding hydrogens is 306 g/mol. The molecule has 0 aliphatic heterocycles. The van der Waals surface area contributed by atoms with Gasteiger partial charge in [0.2, 0.25) is 0 Å². The minimum atomic E-state index is -0.893. The zero-order valence-corrected chi connectivity index (χ0v) is 13.1. The van der Waals surface area contributed by atoms with E-state index in [-0.39, 0.29) is 23.7 Å². The van der Waals surface area contributed by atoms with E-state index >= 15 is 0 Å². The van der Waals surface area contributed by atoms with Gasteiger partial charge in [-0.15, -0.1) is 0 Å². The highest BCUT2D eigenvalue weighted by molar-refractivity contribution is 6.04. The Kier molecular flexibility index (Phi) is 4.39. The van der Waals surface area contributed by atoms with Gasteiger partial charge in [0.25, 0.3) is 11.5 Å². The van der Waals surface area contributed by atoms with Gasteiger partial charge in [0, 0.05) is 12.4 Å². The van der Waals surface area contributed by atoms with Crippen molar-refractivity contribution in [2.75, 3.05) is 7.05 Å². The number of carbonyl (C=O) groups excluding carboxylic acids is 1. The van der Waals surface area contributed by atoms with Crippen molar-refractivity contribution < 1.29 is 9.90 Å². The topological polar surface area (TPSA) is 84.2 Å². The van der Waals surface area contributed by atoms with Crippen molar-refractivity contribution in [3.8, 4) is 0 Å². The van der Waals surface area contributed by atoms with Crippen molar-refractivity contribution in [1.29, 1.82) is 0 Å². The predicted octanol–water partition coefficient (Wildman–Crippen LogP) is 1.49. The van der Waals surface area contributed by atoms with Crippen LogP contribution < -0.4 is 10.9 Å². The number of aliphatic hydroxyl groups is 1. The van der Waals surface area contributed by atoms with Crippen LogP contribution in [0.1, 0.15) is 22.2 Å². The summed E-state index contributed by atoms with van der Waals surface area (Å²) in [5.74, 6) is -0.380. The third-order valence-electron chi connectivity index (χ3n) is 3.84. The molecule has 0 saturated heterocycles. The first-order valence-corrected chi connectivity index (χ1v) is 7.56. The van der Waals surface area contributed by atoms with E-state index in [1.54, 1.807) is 36.4 Å². The number of aliphatic hydroxyl groups excluding tert-OH is 1. The van der Waals surface area contributed by atoms with Crippen LogP contribution in [0.3, 0.4) is 0 Å². The number of fused-ring (bicyclic) bond motifs is 1. The smallest absolute Gasteiger partial charge is 0.274 e. The monoisotopic (exact) mass is 323 g/mol. The molecule has 1 heterocycles. The quantitative estimate of drug-likeness (QED) is 0.762. The fourth-order valence-electron chi connectivity index (χ4n) is 2.59. The van der Waals surface area contributed by atoms with Crippen LogP contribution >= 0.6 is 0 Å². The van der Waals surface area contributed by atoms with E-state index < -0.39 is 6.10 Å². The molecule has 1 amide bonds. The average molecular weight is 323 g/mol. The van der Waals surface area contributed by atoms with Crippen LogP contribution in [0.5, 0.6) is 0 Å². The molecule has 0 radical (unpaired) electrons. The number of rotatable bonds is 4. The first-order chi connectivity index (χ1) is 11.6. The summed E-state index contributed by atoms with van der Waals surface area (Å²) in [6.07, 6.45) is -0.893. The summed E-state index contributed by atoms with van der Waals surface area (Å²) in [4.78, 5) is 24.7. The third-order valence-corrected chi connectivity index (χ3v) is 3.84. The van der Waals surface area contributed by atoms with Gasteiger partial charge in [-0.05, 0) is 11.6 Å². The van der Waals surface area contributed by atoms with Gasteiger partial charge in [0.05, 0.1) is 18.0 Å². The van der Waals surface area contributed by atoms with Gasteiger partial charge in [-0.25, -0.2) is 4.68 Å². The molecule has 0 fully saturated rings. The lowest BCUT2D eigenvalue weighted by Crippen LogP contribution is -2.30. The largest absolute Gasteiger partial charge is 0.386 e. The molecule has 2 aromatic carbocycles. The number of hydrogen-bond acceptors (Lipinski definition) is 4. The SMILES string of the molecule is CNC(=O)c1nn(C[C@H](O)c2ccccc2)c(=O)c2ccccc12. The Balaban J connectivity index is 2.10. The Morgan fingerprint density at radius 3 is 2.42 bits per heavy atom. The fraction of sp³-hybridized carbons (Fsp3) is 0.167. The normalized spacial score (nSPS) is 12.1. The molecule has 1 atom stereocenters. The molecule has 2 N–H and O–H groups in total. The highest BCUT2D eigenvalue weighted by Crippen LogP contribution is 2.16. The molecule has 6 nitrogen and oxygen atoms in total. The van der Waals surface area contributed by atoms with E-state index in [9.17, 15) is 14.7 Å². The minimum Gasteiger partial charge on any atom is -0.386 e. The highest BCUT2D eigenvalue weighted by atomic mass is 16.3. The summed E-state index contributed by atoms with van der Waals surface area (Å²) in [5.41, 5.74) is 0.502. The molecule has 0 unspecified atom stereocenters. The van der Waals surface area contributed by atoms with Gasteiger partial charge in [0.15, 0.2) is 5.69 Å². The van der Waals surface area contributed by atoms with Crippen LogP contribution in [0.15, 0.2) is 59.4 Å². The molecule has 0 saturated carbocycles. The standard InChI is InChI=1S/C18H17N3O3/c1-19-17(23)16-13-9-5-6-10-14(13)18(24)21(20-16)11-15(22)12-7-3-2-4-8-12/h2-10,15,22H,11H2,1H3,(H,19,23)/t15-/m0/s1. The van der Waals surface area contributed by atoms with E-state index in [0.717, 1.165) is 4.68 Å². The molecule has 0 bridgehead atoms. The summed E-state index contributed by atoms with van der Waals surface area (Å²) in [6.45, 7) is -0.0301. The number of carbonyl (C=O) groups is 1. The lowest BCUT2D eigenvalue weighted by atomic mass is 10.1. The second-order valence-electron chi connectivity index (χ2n) is 5.39. The van der Waals surface area contributed by atoms with E-state index in [4.69, 9.17) is 0 Å². The molecule has 6 heteroatoms. The number of amides is 1. The summed E-state index contributed by atoms with van der Waals surface area (Å²) in [6, 6.07) is 15.8. The second kappa shape index (κ2) is 6.64. The van der Waals surface area contributed by atoms with Gasteiger partial charge in [0.1, 0.15) is 0 Å². The van der Waals surface area contributed by atoms with Crippen LogP contribution in [0.2, 0.25) is 0 Å². The molecule has 0 spiro atoms. The number of benzene rings is 2. The second-order valence-corrected chi connectivity index (χ2v) is 5.39. The molecule has 0 aliphatic carbocycles. The maximum atomic E-state index is 12.6. The van der Waals surface area contributed by atoms with Gasteiger partial charge in [-0.2, -0.15) is 5.10 Å². The summed E-state index contributed by atoms with van der Waals surface area (Å²) in [7, 11) is 1.51. The third kappa shape index (κ3) is 2.91. The van der Waals surface area contributed by atoms with Crippen molar-refractivity contribution in [2.24, 2.45) is 0 Å². The van der Waals surface area contributed by atoms with Crippen LogP contribution in [0.4, 0.5) is 0 Å². The fourth-order valence-corrected chi connectivity index (χ4v) is 2.59. The molecule has 0 aliphatic rings. The van der Waals surface area contributed by atoms with E-state index in [1.165, 1.54) is 7.05 Å². The first-order valence-electron chi connectivity index (χ1n) is 7.56. The lowest BCUT2D eigenvalue weighted by molar-refractivity contribution is 0.0954. The number of nitrogens with zero attached hydrogens (tertiary/aromatic N) is 2. The van der Waals surface area contributed by atoms with E-state index in [0.29, 0.717) is 16.3 Å². The van der Waals surface area contributed by atoms with Crippen molar-refractivity contribution >= 4 is 16.7 Å². The Labute approximate surface area is 138 Å². The Morgan fingerprint density at radius 1 is 1.12 bits per heavy atom. The van der Waals surface area contributed by atoms with Crippen molar-refractivity contribution in [1.82, 2.24) is 15.1 Å². The van der Waals surface area contributed by atoms with Gasteiger partial charge in [-0.3, -0.25) is 9.59 Å². The molecular formula is C18H17N3O3. The van der Waals surface area contributed by atoms with Crippen molar-refractivity contribution in [3.05, 3.63) is 76.2 Å². The van der Waals surface area contributed by atoms with Gasteiger partial charge >= 0.3 is 0 Å². The van der Waals surface area contributed by atoms with Crippen LogP contribution in [-0.4, -0.2) is 27.8 Å². The summed E-state index contributed by atoms with van der Waals surface area (Å²) < 4.78 is 1.14. The minimum absolute atomic E-state index is 0.0301. The maximum Gasteiger partial charge on any atom is 0.274 e. The molecule has 3 aromatic rings. The summed E-state index contributed by atoms with van der Waals surface area (Å²) in [5, 5.41) is 17.9. The van der Waals surface area contributed by atoms with Gasteiger partial charge in [-0.1, -0.05) is 48.5 Å². The van der Waals surface area contributed by atoms with Crippen molar-refractivity contribution in [3.63, 3.8) is 0 Å². The van der Waals surface area contributed by atoms with Crippen molar-refractivity contribution in [2.45, 2.75) is 12.6 Å². The highest BCUT2D eigenvalue weighted by Gasteiger charge is 2.17. The number of nitrogens with one attached hydrogen (secondary N) is 1. The molecule has 122 valence electrons. The van der Waals surface area contributed by atoms with Gasteiger partial charge < -0.3 is 10.4 Å². The molecule has 3 rings (SSSR count). The Hall–Kier alpha value is -2.99. The summed E-state index contributed by atoms with van der Waals surface area (Å²) >= 11 is 0. The Morgan fingerprint density at radius 2 is 1.75 bits per heavy atom. The predicted molar refractivity (Wildman–Crippen MR) is 90.8 cm³/mol. The maximum absolute atomic E-state index is 12.6. The average Bonchev–Trinajstić information content (AvgIpc) is 2.64. The van der Waals surface area contributed by atoms with E-state index in [2.05, 4.69) is 10.4 Å². The lowest BCUT2D eigenvalue weighted by Gasteiger charge is -2.14. The molecule has 1 aromatic heterocycles. The van der Waals surface area contributed by atoms with E-state index in [1.807, 2.05) is 18.2 Å². The zero-order valence-electron chi connectivity index (χ0n) is 13.1. The number of aromatic nitrogens is 2. The molecule has 24 heavy (non-hydrogen) atoms. The van der Waals surface area contributed by atoms with Crippen LogP contribution in [0, 0.1) is 0 Å². The zero-order chi connectivity index (χ0) is 17.1. The number of hydrogen-bond donors (Lipinski definition) is 2. The van der Waals surface area contributed by atoms with Crippen LogP contribution in [-0.2, 0) is 6.54 Å². The first kappa shape index (κ1) is 15.9.